The van der Waals surface area contributed by atoms with Crippen molar-refractivity contribution >= 4 is 68.7 Å². The molecule has 1 aliphatic heterocycles. The van der Waals surface area contributed by atoms with E-state index in [2.05, 4.69) is 116 Å². The number of hydrogen-bond acceptors (Lipinski definition) is 12. The maximum atomic E-state index is 13.6. The smallest absolute Gasteiger partial charge is 0.336 e. The van der Waals surface area contributed by atoms with E-state index >= 15 is 0 Å². The van der Waals surface area contributed by atoms with E-state index in [0.29, 0.717) is 24.3 Å². The van der Waals surface area contributed by atoms with Crippen LogP contribution in [0.1, 0.15) is 78.1 Å². The van der Waals surface area contributed by atoms with Crippen LogP contribution < -0.4 is 9.47 Å². The maximum absolute atomic E-state index is 13.6. The fraction of sp³-hybridized carbons (Fsp3) is 0.267. The van der Waals surface area contributed by atoms with Crippen molar-refractivity contribution in [1.82, 2.24) is 9.80 Å². The molecule has 16 heteroatoms. The number of aliphatic hydroxyl groups is 1. The van der Waals surface area contributed by atoms with Gasteiger partial charge >= 0.3 is 17.9 Å². The predicted octanol–water partition coefficient (Wildman–Crippen LogP) is 11.2. The minimum Gasteiger partial charge on any atom is -0.508 e. The second-order valence-electron chi connectivity index (χ2n) is 18.2. The largest absolute Gasteiger partial charge is 0.508 e. The first kappa shape index (κ1) is 59.3. The first-order valence-corrected chi connectivity index (χ1v) is 25.5. The summed E-state index contributed by atoms with van der Waals surface area (Å²) in [5.41, 5.74) is 5.66. The number of carboxylic acids is 3. The van der Waals surface area contributed by atoms with Crippen LogP contribution >= 0.6 is 23.7 Å². The van der Waals surface area contributed by atoms with E-state index in [9.17, 15) is 29.4 Å². The first-order chi connectivity index (χ1) is 36.0. The monoisotopic (exact) mass is 1070 g/mol. The SMILES string of the molecule is CC/C(=C(\c1ccccc1)c1ccc(OCCN(C)C)cc1)c1ccccc1.Cl.O=C(O)CC(O)(CC(=O)O)C(=O)O.O=C(c1ccc(OCCN2CCCCC2)cc1)c1c(-c2ccc(O)cc2)sc2cc(O)ccc12. The molecule has 400 valence electrons. The van der Waals surface area contributed by atoms with Gasteiger partial charge in [0.05, 0.1) is 12.8 Å². The zero-order chi connectivity index (χ0) is 53.9. The minimum absolute atomic E-state index is 0. The van der Waals surface area contributed by atoms with Crippen molar-refractivity contribution in [3.05, 3.63) is 179 Å². The van der Waals surface area contributed by atoms with Crippen LogP contribution in [-0.2, 0) is 14.4 Å². The van der Waals surface area contributed by atoms with Crippen molar-refractivity contribution in [1.29, 1.82) is 0 Å². The Morgan fingerprint density at radius 2 is 1.14 bits per heavy atom. The lowest BCUT2D eigenvalue weighted by Crippen LogP contribution is -2.42. The Hall–Kier alpha value is -7.53. The number of thiophene rings is 1. The van der Waals surface area contributed by atoms with Gasteiger partial charge in [-0.3, -0.25) is 19.3 Å². The summed E-state index contributed by atoms with van der Waals surface area (Å²) in [7, 11) is 4.11. The molecule has 0 amide bonds. The maximum Gasteiger partial charge on any atom is 0.336 e. The quantitative estimate of drug-likeness (QED) is 0.0310. The Labute approximate surface area is 453 Å². The van der Waals surface area contributed by atoms with Gasteiger partial charge in [-0.05, 0) is 159 Å². The fourth-order valence-corrected chi connectivity index (χ4v) is 9.75. The van der Waals surface area contributed by atoms with Gasteiger partial charge in [0, 0.05) is 39.2 Å². The Morgan fingerprint density at radius 3 is 1.67 bits per heavy atom. The van der Waals surface area contributed by atoms with Gasteiger partial charge in [-0.2, -0.15) is 0 Å². The summed E-state index contributed by atoms with van der Waals surface area (Å²) in [5, 5.41) is 54.3. The molecule has 2 heterocycles. The molecule has 0 saturated carbocycles. The number of piperidine rings is 1. The zero-order valence-corrected chi connectivity index (χ0v) is 44.4. The summed E-state index contributed by atoms with van der Waals surface area (Å²) < 4.78 is 12.6. The van der Waals surface area contributed by atoms with Crippen molar-refractivity contribution in [2.75, 3.05) is 53.5 Å². The van der Waals surface area contributed by atoms with E-state index in [1.807, 2.05) is 24.3 Å². The number of fused-ring (bicyclic) bond motifs is 1. The number of carboxylic acid groups (broad SMARTS) is 3. The van der Waals surface area contributed by atoms with E-state index in [4.69, 9.17) is 29.9 Å². The Balaban J connectivity index is 0.000000229. The molecule has 7 aromatic rings. The van der Waals surface area contributed by atoms with Crippen LogP contribution in [0.15, 0.2) is 152 Å². The third-order valence-corrected chi connectivity index (χ3v) is 13.5. The summed E-state index contributed by atoms with van der Waals surface area (Å²) in [6, 6.07) is 49.0. The molecule has 1 saturated heterocycles. The van der Waals surface area contributed by atoms with Crippen LogP contribution in [0.5, 0.6) is 23.0 Å². The number of likely N-dealkylation sites (tertiary alicyclic amines) is 1. The molecule has 0 atom stereocenters. The molecule has 6 N–H and O–H groups in total. The van der Waals surface area contributed by atoms with Gasteiger partial charge in [0.25, 0.3) is 0 Å². The topological polar surface area (TPSA) is 215 Å². The summed E-state index contributed by atoms with van der Waals surface area (Å²) in [6.45, 7) is 7.67. The number of ketones is 1. The number of aliphatic carboxylic acids is 3. The van der Waals surface area contributed by atoms with Gasteiger partial charge in [-0.1, -0.05) is 86.1 Å². The van der Waals surface area contributed by atoms with Crippen molar-refractivity contribution in [2.24, 2.45) is 0 Å². The molecular formula is C60H65ClN2O12S. The highest BCUT2D eigenvalue weighted by molar-refractivity contribution is 7.22. The number of likely N-dealkylation sites (N-methyl/N-ethyl adjacent to an activating group) is 1. The summed E-state index contributed by atoms with van der Waals surface area (Å²) in [6.07, 6.45) is 2.53. The van der Waals surface area contributed by atoms with Crippen LogP contribution in [0.4, 0.5) is 0 Å². The molecule has 8 rings (SSSR count). The molecule has 0 radical (unpaired) electrons. The Morgan fingerprint density at radius 1 is 0.632 bits per heavy atom. The highest BCUT2D eigenvalue weighted by Gasteiger charge is 2.40. The number of rotatable bonds is 20. The van der Waals surface area contributed by atoms with Crippen molar-refractivity contribution in [2.45, 2.75) is 51.0 Å². The molecule has 14 nitrogen and oxygen atoms in total. The van der Waals surface area contributed by atoms with E-state index in [1.165, 1.54) is 58.4 Å². The lowest BCUT2D eigenvalue weighted by atomic mass is 9.88. The standard InChI is InChI=1S/C28H27NO4S.C26H29NO.C6H8O7.ClH/c30-21-8-4-20(5-9-21)28-26(24-13-10-22(31)18-25(24)34-28)27(32)19-6-11-23(12-7-19)33-17-16-29-14-2-1-3-15-29;1-4-25(21-11-7-5-8-12-21)26(22-13-9-6-10-14-22)23-15-17-24(18-16-23)28-20-19-27(2)3;7-3(8)1-6(13,5(11)12)2-4(9)10;/h4-13,18,30-31H,1-3,14-17H2;5-18H,4,19-20H2,1-3H3;13H,1-2H2,(H,7,8)(H,9,10)(H,11,12);1H/b;26-25-;;. The molecular weight excluding hydrogens is 1010 g/mol. The number of halogens is 1. The third kappa shape index (κ3) is 17.0. The van der Waals surface area contributed by atoms with Crippen molar-refractivity contribution < 1.29 is 59.3 Å². The summed E-state index contributed by atoms with van der Waals surface area (Å²) in [5.74, 6) is -3.10. The Bertz CT molecular complexity index is 3000. The average Bonchev–Trinajstić information content (AvgIpc) is 3.78. The molecule has 0 bridgehead atoms. The number of nitrogens with zero attached hydrogens (tertiary/aromatic N) is 2. The number of hydrogen-bond donors (Lipinski definition) is 6. The number of phenols is 2. The Kier molecular flexibility index (Phi) is 22.6. The van der Waals surface area contributed by atoms with E-state index < -0.39 is 36.4 Å². The van der Waals surface area contributed by atoms with Crippen molar-refractivity contribution in [3.8, 4) is 33.4 Å². The molecule has 76 heavy (non-hydrogen) atoms. The number of aromatic hydroxyl groups is 2. The molecule has 0 spiro atoms. The van der Waals surface area contributed by atoms with Crippen LogP contribution in [0.2, 0.25) is 0 Å². The average molecular weight is 1070 g/mol. The molecule has 1 aliphatic rings. The number of phenolic OH excluding ortho intramolecular Hbond substituents is 2. The number of carbonyl (C=O) groups excluding carboxylic acids is 1. The summed E-state index contributed by atoms with van der Waals surface area (Å²) in [4.78, 5) is 49.5. The van der Waals surface area contributed by atoms with Gasteiger partial charge < -0.3 is 45.0 Å². The van der Waals surface area contributed by atoms with Crippen LogP contribution in [0.25, 0.3) is 31.7 Å². The zero-order valence-electron chi connectivity index (χ0n) is 42.8. The van der Waals surface area contributed by atoms with E-state index in [0.717, 1.165) is 64.6 Å². The molecule has 0 unspecified atom stereocenters. The highest BCUT2D eigenvalue weighted by Crippen LogP contribution is 2.42. The normalized spacial score (nSPS) is 12.7. The van der Waals surface area contributed by atoms with Crippen LogP contribution in [-0.4, -0.2) is 123 Å². The van der Waals surface area contributed by atoms with Gasteiger partial charge in [-0.25, -0.2) is 4.79 Å². The van der Waals surface area contributed by atoms with Crippen LogP contribution in [0.3, 0.4) is 0 Å². The first-order valence-electron chi connectivity index (χ1n) is 24.7. The minimum atomic E-state index is -2.74. The number of carbonyl (C=O) groups is 4. The lowest BCUT2D eigenvalue weighted by molar-refractivity contribution is -0.170. The van der Waals surface area contributed by atoms with Gasteiger partial charge in [0.1, 0.15) is 36.2 Å². The van der Waals surface area contributed by atoms with E-state index in [-0.39, 0.29) is 29.7 Å². The van der Waals surface area contributed by atoms with E-state index in [1.54, 1.807) is 42.5 Å². The fourth-order valence-electron chi connectivity index (χ4n) is 8.51. The molecule has 1 aromatic heterocycles. The third-order valence-electron chi connectivity index (χ3n) is 12.3. The number of allylic oxidation sites excluding steroid dienone is 1. The second kappa shape index (κ2) is 29.0. The molecule has 6 aromatic carbocycles. The van der Waals surface area contributed by atoms with Gasteiger partial charge in [-0.15, -0.1) is 23.7 Å². The second-order valence-corrected chi connectivity index (χ2v) is 19.3. The predicted molar refractivity (Wildman–Crippen MR) is 300 cm³/mol. The molecule has 0 aliphatic carbocycles. The number of ether oxygens (including phenoxy) is 2. The number of benzene rings is 6. The van der Waals surface area contributed by atoms with Gasteiger partial charge in [0.15, 0.2) is 11.4 Å². The molecule has 1 fully saturated rings. The van der Waals surface area contributed by atoms with Gasteiger partial charge in [0.2, 0.25) is 0 Å². The van der Waals surface area contributed by atoms with Crippen molar-refractivity contribution in [3.63, 3.8) is 0 Å². The van der Waals surface area contributed by atoms with Crippen LogP contribution in [0, 0.1) is 0 Å². The summed E-state index contributed by atoms with van der Waals surface area (Å²) >= 11 is 1.46. The lowest BCUT2D eigenvalue weighted by Gasteiger charge is -2.26. The highest BCUT2D eigenvalue weighted by atomic mass is 35.5.